The fourth-order valence-electron chi connectivity index (χ4n) is 2.32. The smallest absolute Gasteiger partial charge is 0.320 e. The van der Waals surface area contributed by atoms with E-state index in [4.69, 9.17) is 5.11 Å². The van der Waals surface area contributed by atoms with Crippen molar-refractivity contribution in [2.45, 2.75) is 19.4 Å². The molecule has 1 aromatic carbocycles. The van der Waals surface area contributed by atoms with Gasteiger partial charge in [0.25, 0.3) is 0 Å². The first kappa shape index (κ1) is 17.9. The van der Waals surface area contributed by atoms with Crippen molar-refractivity contribution in [2.24, 2.45) is 7.05 Å². The lowest BCUT2D eigenvalue weighted by Crippen LogP contribution is -2.37. The number of carbonyl (C=O) groups excluding carboxylic acids is 1. The van der Waals surface area contributed by atoms with Crippen molar-refractivity contribution in [3.05, 3.63) is 35.8 Å². The van der Waals surface area contributed by atoms with E-state index in [1.807, 2.05) is 6.92 Å². The molecule has 0 aliphatic rings. The molecule has 130 valence electrons. The molecule has 0 saturated heterocycles. The number of aromatic nitrogens is 2. The molecule has 0 spiro atoms. The standard InChI is InChI=1S/C16H21FN4O3/c1-3-13-14(10-4-6-11(17)7-5-10)15(21(2)20-13)19-16(24)18-8-12(23)9-22/h4-7,12,22-23H,3,8-9H2,1-2H3,(H2,18,19,24). The molecule has 7 nitrogen and oxygen atoms in total. The van der Waals surface area contributed by atoms with Crippen LogP contribution in [0.5, 0.6) is 0 Å². The van der Waals surface area contributed by atoms with Gasteiger partial charge in [0.1, 0.15) is 11.6 Å². The van der Waals surface area contributed by atoms with Gasteiger partial charge in [-0.15, -0.1) is 0 Å². The second kappa shape index (κ2) is 7.89. The predicted molar refractivity (Wildman–Crippen MR) is 88.1 cm³/mol. The molecule has 0 aliphatic heterocycles. The van der Waals surface area contributed by atoms with E-state index in [1.165, 1.54) is 12.1 Å². The third kappa shape index (κ3) is 4.09. The molecule has 4 N–H and O–H groups in total. The summed E-state index contributed by atoms with van der Waals surface area (Å²) in [5.74, 6) is 0.125. The van der Waals surface area contributed by atoms with Crippen LogP contribution in [0.2, 0.25) is 0 Å². The quantitative estimate of drug-likeness (QED) is 0.638. The molecule has 24 heavy (non-hydrogen) atoms. The van der Waals surface area contributed by atoms with Gasteiger partial charge in [-0.05, 0) is 24.1 Å². The lowest BCUT2D eigenvalue weighted by Gasteiger charge is -2.12. The summed E-state index contributed by atoms with van der Waals surface area (Å²) >= 11 is 0. The van der Waals surface area contributed by atoms with Crippen LogP contribution in [0.4, 0.5) is 15.0 Å². The number of amides is 2. The van der Waals surface area contributed by atoms with Crippen LogP contribution >= 0.6 is 0 Å². The molecule has 1 aromatic heterocycles. The highest BCUT2D eigenvalue weighted by atomic mass is 19.1. The molecule has 1 heterocycles. The minimum atomic E-state index is -1.02. The van der Waals surface area contributed by atoms with E-state index < -0.39 is 18.7 Å². The van der Waals surface area contributed by atoms with Crippen molar-refractivity contribution in [3.63, 3.8) is 0 Å². The number of halogens is 1. The van der Waals surface area contributed by atoms with Crippen LogP contribution < -0.4 is 10.6 Å². The molecule has 1 atom stereocenters. The number of aryl methyl sites for hydroxylation is 2. The van der Waals surface area contributed by atoms with Gasteiger partial charge in [-0.1, -0.05) is 19.1 Å². The molecule has 0 fully saturated rings. The minimum absolute atomic E-state index is 0.0767. The maximum Gasteiger partial charge on any atom is 0.320 e. The lowest BCUT2D eigenvalue weighted by atomic mass is 10.0. The number of hydrogen-bond acceptors (Lipinski definition) is 4. The molecule has 1 unspecified atom stereocenters. The van der Waals surface area contributed by atoms with E-state index in [0.29, 0.717) is 12.2 Å². The van der Waals surface area contributed by atoms with Crippen LogP contribution in [0.15, 0.2) is 24.3 Å². The highest BCUT2D eigenvalue weighted by molar-refractivity contribution is 5.93. The fourth-order valence-corrected chi connectivity index (χ4v) is 2.32. The Hall–Kier alpha value is -2.45. The third-order valence-corrected chi connectivity index (χ3v) is 3.53. The van der Waals surface area contributed by atoms with Gasteiger partial charge >= 0.3 is 6.03 Å². The molecule has 2 aromatic rings. The van der Waals surface area contributed by atoms with Gasteiger partial charge in [0.05, 0.1) is 18.4 Å². The Balaban J connectivity index is 2.27. The average Bonchev–Trinajstić information content (AvgIpc) is 2.89. The van der Waals surface area contributed by atoms with Gasteiger partial charge in [-0.3, -0.25) is 10.00 Å². The average molecular weight is 336 g/mol. The van der Waals surface area contributed by atoms with Crippen molar-refractivity contribution < 1.29 is 19.4 Å². The first-order valence-electron chi connectivity index (χ1n) is 7.61. The Morgan fingerprint density at radius 3 is 2.62 bits per heavy atom. The van der Waals surface area contributed by atoms with Crippen LogP contribution in [-0.2, 0) is 13.5 Å². The van der Waals surface area contributed by atoms with E-state index in [1.54, 1.807) is 23.9 Å². The number of hydrogen-bond donors (Lipinski definition) is 4. The normalized spacial score (nSPS) is 12.0. The van der Waals surface area contributed by atoms with Gasteiger partial charge in [0.2, 0.25) is 0 Å². The summed E-state index contributed by atoms with van der Waals surface area (Å²) in [6.07, 6.45) is -0.377. The number of nitrogens with one attached hydrogen (secondary N) is 2. The summed E-state index contributed by atoms with van der Waals surface area (Å²) in [5, 5.41) is 27.6. The van der Waals surface area contributed by atoms with Gasteiger partial charge in [-0.25, -0.2) is 9.18 Å². The Kier molecular flexibility index (Phi) is 5.88. The molecular formula is C16H21FN4O3. The monoisotopic (exact) mass is 336 g/mol. The van der Waals surface area contributed by atoms with Gasteiger partial charge in [0, 0.05) is 19.2 Å². The second-order valence-electron chi connectivity index (χ2n) is 5.33. The number of nitrogens with zero attached hydrogens (tertiary/aromatic N) is 2. The number of carbonyl (C=O) groups is 1. The van der Waals surface area contributed by atoms with Crippen LogP contribution in [0.3, 0.4) is 0 Å². The van der Waals surface area contributed by atoms with Crippen molar-refractivity contribution in [2.75, 3.05) is 18.5 Å². The van der Waals surface area contributed by atoms with Crippen LogP contribution in [0.1, 0.15) is 12.6 Å². The maximum atomic E-state index is 13.2. The van der Waals surface area contributed by atoms with Crippen molar-refractivity contribution in [1.82, 2.24) is 15.1 Å². The summed E-state index contributed by atoms with van der Waals surface area (Å²) in [4.78, 5) is 12.0. The van der Waals surface area contributed by atoms with Gasteiger partial charge < -0.3 is 15.5 Å². The molecule has 0 radical (unpaired) electrons. The minimum Gasteiger partial charge on any atom is -0.394 e. The van der Waals surface area contributed by atoms with Crippen molar-refractivity contribution >= 4 is 11.8 Å². The number of aliphatic hydroxyl groups is 2. The van der Waals surface area contributed by atoms with Gasteiger partial charge in [0.15, 0.2) is 0 Å². The third-order valence-electron chi connectivity index (χ3n) is 3.53. The molecule has 0 bridgehead atoms. The Bertz CT molecular complexity index is 700. The summed E-state index contributed by atoms with van der Waals surface area (Å²) in [6, 6.07) is 5.43. The molecule has 0 aliphatic carbocycles. The zero-order valence-corrected chi connectivity index (χ0v) is 13.6. The Morgan fingerprint density at radius 1 is 1.38 bits per heavy atom. The summed E-state index contributed by atoms with van der Waals surface area (Å²) in [7, 11) is 1.70. The van der Waals surface area contributed by atoms with Crippen LogP contribution in [0, 0.1) is 5.82 Å². The molecule has 2 amide bonds. The maximum absolute atomic E-state index is 13.2. The van der Waals surface area contributed by atoms with E-state index in [9.17, 15) is 14.3 Å². The van der Waals surface area contributed by atoms with Crippen LogP contribution in [0.25, 0.3) is 11.1 Å². The summed E-state index contributed by atoms with van der Waals surface area (Å²) < 4.78 is 14.7. The predicted octanol–water partition coefficient (Wildman–Crippen LogP) is 1.26. The summed E-state index contributed by atoms with van der Waals surface area (Å²) in [5.41, 5.74) is 2.24. The molecule has 8 heteroatoms. The number of aliphatic hydroxyl groups excluding tert-OH is 2. The topological polar surface area (TPSA) is 99.4 Å². The van der Waals surface area contributed by atoms with E-state index in [0.717, 1.165) is 16.8 Å². The first-order valence-corrected chi connectivity index (χ1v) is 7.61. The summed E-state index contributed by atoms with van der Waals surface area (Å²) in [6.45, 7) is 1.43. The van der Waals surface area contributed by atoms with Gasteiger partial charge in [-0.2, -0.15) is 5.10 Å². The number of urea groups is 1. The zero-order chi connectivity index (χ0) is 17.7. The largest absolute Gasteiger partial charge is 0.394 e. The molecule has 2 rings (SSSR count). The molecular weight excluding hydrogens is 315 g/mol. The van der Waals surface area contributed by atoms with E-state index in [-0.39, 0.29) is 12.4 Å². The fraction of sp³-hybridized carbons (Fsp3) is 0.375. The van der Waals surface area contributed by atoms with E-state index >= 15 is 0 Å². The van der Waals surface area contributed by atoms with E-state index in [2.05, 4.69) is 15.7 Å². The van der Waals surface area contributed by atoms with Crippen LogP contribution in [-0.4, -0.2) is 45.3 Å². The number of benzene rings is 1. The second-order valence-corrected chi connectivity index (χ2v) is 5.33. The number of anilines is 1. The number of rotatable bonds is 6. The Labute approximate surface area is 139 Å². The Morgan fingerprint density at radius 2 is 2.04 bits per heavy atom. The highest BCUT2D eigenvalue weighted by Gasteiger charge is 2.19. The molecule has 0 saturated carbocycles. The van der Waals surface area contributed by atoms with Crippen molar-refractivity contribution in [3.8, 4) is 11.1 Å². The SMILES string of the molecule is CCc1nn(C)c(NC(=O)NCC(O)CO)c1-c1ccc(F)cc1. The van der Waals surface area contributed by atoms with Crippen molar-refractivity contribution in [1.29, 1.82) is 0 Å². The highest BCUT2D eigenvalue weighted by Crippen LogP contribution is 2.31. The first-order chi connectivity index (χ1) is 11.5. The lowest BCUT2D eigenvalue weighted by molar-refractivity contribution is 0.0965. The zero-order valence-electron chi connectivity index (χ0n) is 13.6.